The molecule has 0 N–H and O–H groups in total. The van der Waals surface area contributed by atoms with Gasteiger partial charge in [-0.1, -0.05) is 66.7 Å². The minimum Gasteiger partial charge on any atom is -0.0622 e. The topological polar surface area (TPSA) is 41.3 Å². The van der Waals surface area contributed by atoms with Gasteiger partial charge in [0.1, 0.15) is 0 Å². The van der Waals surface area contributed by atoms with E-state index in [1.54, 1.807) is 12.3 Å². The number of rotatable bonds is 6. The molecule has 5 aromatic heterocycles. The Labute approximate surface area is 421 Å². The van der Waals surface area contributed by atoms with Crippen LogP contribution >= 0.6 is 0 Å². The average Bonchev–Trinajstić information content (AvgIpc) is 4.08. The summed E-state index contributed by atoms with van der Waals surface area (Å²) in [7, 11) is 0. The molecule has 0 saturated carbocycles. The molecule has 7 heteroatoms. The van der Waals surface area contributed by atoms with Crippen molar-refractivity contribution in [3.8, 4) is 39.8 Å². The zero-order chi connectivity index (χ0) is 50.3. The number of aryl methyl sites for hydroxylation is 1. The summed E-state index contributed by atoms with van der Waals surface area (Å²) >= 11 is 2.45. The molecule has 0 bridgehead atoms. The third-order valence-corrected chi connectivity index (χ3v) is 15.0. The van der Waals surface area contributed by atoms with E-state index in [0.717, 1.165) is 64.5 Å². The zero-order valence-electron chi connectivity index (χ0n) is 42.6. The fraction of sp³-hybridized carbons (Fsp3) is 0.143. The van der Waals surface area contributed by atoms with Gasteiger partial charge in [-0.15, -0.1) is 0 Å². The molecule has 13 aromatic rings. The third-order valence-electron chi connectivity index (χ3n) is 14.0. The standard InChI is InChI=1S/C63H49N5O.Pt/c1-39-29-60(64-37-53(39)40-17-9-8-10-18-40)67-57-34-46(27-28-48(57)51-35-52-50-23-16-22-49-47-21-11-12-24-54(47)68(61(49)50)59(52)36-58(51)67)69-45-20-15-19-43(33-45)65-38-66(56-26-14-13-25-55(56)65)44-31-41(62(2,3)4)30-42(32-44)63(5,6)7;/h8-32,35-37H,1-7H3;/q-2;/i1D3;. The maximum atomic E-state index is 8.77. The van der Waals surface area contributed by atoms with Gasteiger partial charge in [-0.3, -0.25) is 0 Å². The van der Waals surface area contributed by atoms with Gasteiger partial charge >= 0.3 is 275 Å². The number of hydrogen-bond donors (Lipinski definition) is 0. The average molecular weight is 1090 g/mol. The van der Waals surface area contributed by atoms with E-state index in [0.29, 0.717) is 28.4 Å². The summed E-state index contributed by atoms with van der Waals surface area (Å²) < 4.78 is 43.1. The Morgan fingerprint density at radius 1 is 0.529 bits per heavy atom. The Kier molecular flexibility index (Phi) is 8.70. The van der Waals surface area contributed by atoms with Gasteiger partial charge in [0.25, 0.3) is 0 Å². The van der Waals surface area contributed by atoms with Crippen molar-refractivity contribution in [2.24, 2.45) is 0 Å². The molecule has 0 aliphatic heterocycles. The summed E-state index contributed by atoms with van der Waals surface area (Å²) in [5.41, 5.74) is 13.1. The van der Waals surface area contributed by atoms with Crippen LogP contribution in [-0.4, -0.2) is 23.1 Å². The molecule has 0 spiro atoms. The van der Waals surface area contributed by atoms with Crippen molar-refractivity contribution in [2.75, 3.05) is 0 Å². The van der Waals surface area contributed by atoms with E-state index in [-0.39, 0.29) is 16.4 Å². The molecule has 0 aliphatic carbocycles. The molecule has 6 nitrogen and oxygen atoms in total. The maximum absolute atomic E-state index is 8.77. The van der Waals surface area contributed by atoms with Gasteiger partial charge in [0.05, 0.1) is 16.6 Å². The summed E-state index contributed by atoms with van der Waals surface area (Å²) in [5, 5.41) is 6.63. The van der Waals surface area contributed by atoms with Gasteiger partial charge in [0, 0.05) is 37.4 Å². The second-order valence-electron chi connectivity index (χ2n) is 20.5. The van der Waals surface area contributed by atoms with Crippen LogP contribution in [-0.2, 0) is 30.2 Å². The Bertz CT molecular complexity index is 4420. The second-order valence-corrected chi connectivity index (χ2v) is 21.5. The Hall–Kier alpha value is -7.53. The minimum absolute atomic E-state index is 0.0457. The number of pyridine rings is 1. The fourth-order valence-electron chi connectivity index (χ4n) is 10.5. The molecule has 0 aliphatic rings. The van der Waals surface area contributed by atoms with Crippen molar-refractivity contribution in [2.45, 2.75) is 59.2 Å². The monoisotopic (exact) mass is 1090 g/mol. The Balaban J connectivity index is 0.988. The van der Waals surface area contributed by atoms with E-state index < -0.39 is 6.85 Å². The van der Waals surface area contributed by atoms with Crippen molar-refractivity contribution in [3.05, 3.63) is 203 Å². The number of ether oxygens (including phenoxy) is 1. The molecular formula is C63H49N5OPt-2. The van der Waals surface area contributed by atoms with Crippen LogP contribution in [0.15, 0.2) is 170 Å². The SMILES string of the molecule is [2H]C([2H])([2H])c1cc(-n2c3[c-]c(Oc4[c-]c(-n5[c](=[Pt])n(-c6cc(C(C)(C)C)cc(C(C)(C)C)c6)c6ccccc65)ccc4)ccc3c3cc4c5cccc6c7ccccc7n(c4cc32)c65)ncc1-c1ccccc1. The fourth-order valence-corrected chi connectivity index (χ4v) is 11.6. The molecule has 0 atom stereocenters. The first kappa shape index (κ1) is 39.3. The summed E-state index contributed by atoms with van der Waals surface area (Å²) in [6.07, 6.45) is 1.69. The number of para-hydroxylation sites is 4. The number of imidazole rings is 1. The van der Waals surface area contributed by atoms with E-state index in [9.17, 15) is 0 Å². The quantitative estimate of drug-likeness (QED) is 0.156. The van der Waals surface area contributed by atoms with Crippen LogP contribution in [0, 0.1) is 22.8 Å². The summed E-state index contributed by atoms with van der Waals surface area (Å²) in [6, 6.07) is 63.7. The van der Waals surface area contributed by atoms with Crippen LogP contribution in [0.5, 0.6) is 11.5 Å². The minimum atomic E-state index is -2.42. The molecule has 5 heterocycles. The smallest absolute Gasteiger partial charge is 0.0622 e. The van der Waals surface area contributed by atoms with Gasteiger partial charge in [0.2, 0.25) is 0 Å². The molecular weight excluding hydrogens is 1040 g/mol. The van der Waals surface area contributed by atoms with Crippen molar-refractivity contribution >= 4 is 70.9 Å². The summed E-state index contributed by atoms with van der Waals surface area (Å²) in [4.78, 5) is 5.07. The number of benzene rings is 8. The first-order valence-corrected chi connectivity index (χ1v) is 24.8. The van der Waals surface area contributed by atoms with Crippen LogP contribution in [0.3, 0.4) is 0 Å². The van der Waals surface area contributed by atoms with Crippen LogP contribution in [0.2, 0.25) is 0 Å². The predicted octanol–water partition coefficient (Wildman–Crippen LogP) is 16.1. The van der Waals surface area contributed by atoms with E-state index in [2.05, 4.69) is 196 Å². The third kappa shape index (κ3) is 6.57. The normalized spacial score (nSPS) is 13.4. The number of nitrogens with zero attached hydrogens (tertiary/aromatic N) is 5. The van der Waals surface area contributed by atoms with Gasteiger partial charge in [-0.2, -0.15) is 0 Å². The number of aromatic nitrogens is 5. The molecule has 0 amide bonds. The molecule has 0 radical (unpaired) electrons. The number of fused-ring (bicyclic) bond motifs is 10. The summed E-state index contributed by atoms with van der Waals surface area (Å²) in [5.74, 6) is 1.47. The molecule has 0 saturated heterocycles. The van der Waals surface area contributed by atoms with E-state index >= 15 is 0 Å². The van der Waals surface area contributed by atoms with Gasteiger partial charge in [-0.25, -0.2) is 0 Å². The molecule has 8 aromatic carbocycles. The molecule has 344 valence electrons. The molecule has 0 fully saturated rings. The van der Waals surface area contributed by atoms with Crippen LogP contribution in [0.25, 0.3) is 99.3 Å². The predicted molar refractivity (Wildman–Crippen MR) is 284 cm³/mol. The second kappa shape index (κ2) is 15.5. The van der Waals surface area contributed by atoms with Crippen molar-refractivity contribution < 1.29 is 28.2 Å². The first-order valence-electron chi connectivity index (χ1n) is 25.2. The van der Waals surface area contributed by atoms with E-state index in [1.807, 2.05) is 53.1 Å². The number of hydrogen-bond acceptors (Lipinski definition) is 2. The van der Waals surface area contributed by atoms with Crippen molar-refractivity contribution in [3.63, 3.8) is 0 Å². The molecule has 0 unspecified atom stereocenters. The Morgan fingerprint density at radius 3 is 1.91 bits per heavy atom. The first-order chi connectivity index (χ1) is 35.0. The zero-order valence-corrected chi connectivity index (χ0v) is 41.9. The van der Waals surface area contributed by atoms with Crippen LogP contribution < -0.4 is 4.74 Å². The van der Waals surface area contributed by atoms with Crippen molar-refractivity contribution in [1.82, 2.24) is 23.1 Å². The summed E-state index contributed by atoms with van der Waals surface area (Å²) in [6.45, 7) is 11.2. The van der Waals surface area contributed by atoms with E-state index in [4.69, 9.17) is 13.8 Å². The van der Waals surface area contributed by atoms with Crippen LogP contribution in [0.4, 0.5) is 0 Å². The molecule has 13 rings (SSSR count). The van der Waals surface area contributed by atoms with E-state index in [1.165, 1.54) is 32.8 Å². The van der Waals surface area contributed by atoms with Crippen LogP contribution in [0.1, 0.15) is 62.3 Å². The van der Waals surface area contributed by atoms with Gasteiger partial charge in [0.15, 0.2) is 0 Å². The Morgan fingerprint density at radius 2 is 1.17 bits per heavy atom. The van der Waals surface area contributed by atoms with Crippen molar-refractivity contribution in [1.29, 1.82) is 0 Å². The van der Waals surface area contributed by atoms with Gasteiger partial charge in [-0.05, 0) is 24.0 Å². The van der Waals surface area contributed by atoms with Gasteiger partial charge < -0.3 is 4.40 Å². The molecule has 70 heavy (non-hydrogen) atoms.